The first-order valence-electron chi connectivity index (χ1n) is 18.7. The average Bonchev–Trinajstić information content (AvgIpc) is 3.91. The van der Waals surface area contributed by atoms with E-state index in [-0.39, 0.29) is 18.4 Å². The van der Waals surface area contributed by atoms with Gasteiger partial charge in [0.05, 0.1) is 34.6 Å². The van der Waals surface area contributed by atoms with E-state index in [1.165, 1.54) is 62.4 Å². The summed E-state index contributed by atoms with van der Waals surface area (Å²) >= 11 is 1.64. The van der Waals surface area contributed by atoms with E-state index in [0.29, 0.717) is 25.3 Å². The van der Waals surface area contributed by atoms with Gasteiger partial charge in [-0.2, -0.15) is 0 Å². The Balaban J connectivity index is 0.000000245. The molecule has 280 valence electrons. The fourth-order valence-electron chi connectivity index (χ4n) is 6.58. The van der Waals surface area contributed by atoms with Crippen LogP contribution in [0.4, 0.5) is 5.82 Å². The molecule has 51 heavy (non-hydrogen) atoms. The number of aliphatic hydroxyl groups is 1. The molecule has 3 aromatic rings. The van der Waals surface area contributed by atoms with Crippen LogP contribution in [0.25, 0.3) is 10.4 Å². The molecule has 1 unspecified atom stereocenters. The summed E-state index contributed by atoms with van der Waals surface area (Å²) in [4.78, 5) is 37.3. The second-order valence-corrected chi connectivity index (χ2v) is 14.7. The highest BCUT2D eigenvalue weighted by Crippen LogP contribution is 2.28. The molecule has 0 saturated carbocycles. The van der Waals surface area contributed by atoms with Crippen molar-refractivity contribution in [3.63, 3.8) is 0 Å². The van der Waals surface area contributed by atoms with Gasteiger partial charge < -0.3 is 29.6 Å². The Labute approximate surface area is 308 Å². The van der Waals surface area contributed by atoms with E-state index < -0.39 is 6.10 Å². The normalized spacial score (nSPS) is 19.3. The molecule has 11 nitrogen and oxygen atoms in total. The number of anilines is 1. The van der Waals surface area contributed by atoms with Crippen molar-refractivity contribution in [3.8, 4) is 10.4 Å². The van der Waals surface area contributed by atoms with E-state index in [4.69, 9.17) is 4.52 Å². The Hall–Kier alpha value is -3.58. The highest BCUT2D eigenvalue weighted by molar-refractivity contribution is 7.13. The monoisotopic (exact) mass is 721 g/mol. The Morgan fingerprint density at radius 2 is 1.75 bits per heavy atom. The van der Waals surface area contributed by atoms with Gasteiger partial charge in [0.1, 0.15) is 5.76 Å². The number of carbonyl (C=O) groups is 2. The van der Waals surface area contributed by atoms with Crippen molar-refractivity contribution < 1.29 is 19.2 Å². The van der Waals surface area contributed by atoms with E-state index in [2.05, 4.69) is 75.2 Å². The number of thiazole rings is 1. The zero-order valence-electron chi connectivity index (χ0n) is 31.3. The number of piperazine rings is 1. The van der Waals surface area contributed by atoms with Crippen molar-refractivity contribution in [2.45, 2.75) is 78.9 Å². The van der Waals surface area contributed by atoms with Crippen molar-refractivity contribution in [1.29, 1.82) is 0 Å². The Morgan fingerprint density at radius 1 is 1.06 bits per heavy atom. The molecule has 3 saturated heterocycles. The molecule has 0 aliphatic carbocycles. The molecule has 2 atom stereocenters. The van der Waals surface area contributed by atoms with Gasteiger partial charge in [0.15, 0.2) is 5.82 Å². The Bertz CT molecular complexity index is 1480. The number of hydrogen-bond donors (Lipinski definition) is 2. The Kier molecular flexibility index (Phi) is 16.6. The molecule has 0 spiro atoms. The molecule has 2 aromatic heterocycles. The van der Waals surface area contributed by atoms with Crippen molar-refractivity contribution in [1.82, 2.24) is 30.2 Å². The number of aryl methyl sites for hydroxylation is 1. The van der Waals surface area contributed by atoms with Crippen LogP contribution < -0.4 is 10.2 Å². The molecule has 1 aromatic carbocycles. The summed E-state index contributed by atoms with van der Waals surface area (Å²) in [6.07, 6.45) is 9.19. The zero-order chi connectivity index (χ0) is 36.6. The number of nitrogens with zero attached hydrogens (tertiary/aromatic N) is 6. The van der Waals surface area contributed by atoms with Gasteiger partial charge in [-0.3, -0.25) is 14.5 Å². The second kappa shape index (κ2) is 21.1. The molecular formula is C39H59N7O4S. The largest absolute Gasteiger partial charge is 0.391 e. The van der Waals surface area contributed by atoms with Gasteiger partial charge in [0, 0.05) is 71.5 Å². The van der Waals surface area contributed by atoms with Crippen molar-refractivity contribution in [2.75, 3.05) is 70.3 Å². The van der Waals surface area contributed by atoms with Crippen LogP contribution in [0.3, 0.4) is 0 Å². The van der Waals surface area contributed by atoms with E-state index >= 15 is 0 Å². The molecule has 5 heterocycles. The lowest BCUT2D eigenvalue weighted by Crippen LogP contribution is -2.48. The highest BCUT2D eigenvalue weighted by Gasteiger charge is 2.27. The smallest absolute Gasteiger partial charge is 0.230 e. The number of carbonyl (C=O) groups excluding carboxylic acids is 2. The quantitative estimate of drug-likeness (QED) is 0.194. The van der Waals surface area contributed by atoms with Gasteiger partial charge >= 0.3 is 0 Å². The first kappa shape index (κ1) is 40.2. The van der Waals surface area contributed by atoms with Crippen LogP contribution in [0.5, 0.6) is 0 Å². The predicted molar refractivity (Wildman–Crippen MR) is 206 cm³/mol. The number of β-amino-alcohol motifs (C(OH)–C–C–N with tert-alkyl or cyclic N) is 1. The summed E-state index contributed by atoms with van der Waals surface area (Å²) < 4.78 is 5.44. The van der Waals surface area contributed by atoms with Gasteiger partial charge in [0.2, 0.25) is 12.3 Å². The fourth-order valence-corrected chi connectivity index (χ4v) is 7.39. The van der Waals surface area contributed by atoms with Gasteiger partial charge in [-0.25, -0.2) is 4.98 Å². The number of aliphatic hydroxyl groups excluding tert-OH is 1. The van der Waals surface area contributed by atoms with Crippen molar-refractivity contribution in [3.05, 3.63) is 65.0 Å². The molecule has 2 amide bonds. The minimum atomic E-state index is -0.391. The molecule has 2 N–H and O–H groups in total. The molecule has 0 bridgehead atoms. The number of piperidine rings is 1. The average molecular weight is 722 g/mol. The lowest BCUT2D eigenvalue weighted by atomic mass is 9.96. The maximum absolute atomic E-state index is 12.4. The van der Waals surface area contributed by atoms with Crippen molar-refractivity contribution in [2.24, 2.45) is 5.92 Å². The minimum Gasteiger partial charge on any atom is -0.391 e. The fraction of sp³-hybridized carbons (Fsp3) is 0.590. The maximum Gasteiger partial charge on any atom is 0.230 e. The van der Waals surface area contributed by atoms with Crippen LogP contribution in [0.1, 0.15) is 76.4 Å². The number of hydrogen-bond acceptors (Lipinski definition) is 10. The summed E-state index contributed by atoms with van der Waals surface area (Å²) in [5.41, 5.74) is 5.19. The first-order valence-corrected chi connectivity index (χ1v) is 19.5. The number of nitrogens with one attached hydrogen (secondary N) is 1. The molecular weight excluding hydrogens is 663 g/mol. The molecule has 3 fully saturated rings. The van der Waals surface area contributed by atoms with Crippen LogP contribution in [-0.2, 0) is 16.0 Å². The number of amides is 2. The second-order valence-electron chi connectivity index (χ2n) is 13.8. The third-order valence-electron chi connectivity index (χ3n) is 9.64. The maximum atomic E-state index is 12.4. The minimum absolute atomic E-state index is 0.00349. The summed E-state index contributed by atoms with van der Waals surface area (Å²) in [5, 5.41) is 16.6. The van der Waals surface area contributed by atoms with Gasteiger partial charge in [-0.15, -0.1) is 11.3 Å². The molecule has 6 rings (SSSR count). The first-order chi connectivity index (χ1) is 24.7. The van der Waals surface area contributed by atoms with Crippen LogP contribution >= 0.6 is 11.3 Å². The summed E-state index contributed by atoms with van der Waals surface area (Å²) in [6, 6.07) is 10.2. The van der Waals surface area contributed by atoms with E-state index in [0.717, 1.165) is 49.0 Å². The van der Waals surface area contributed by atoms with Gasteiger partial charge in [0.25, 0.3) is 0 Å². The number of aromatic nitrogens is 2. The zero-order valence-corrected chi connectivity index (χ0v) is 32.1. The van der Waals surface area contributed by atoms with Gasteiger partial charge in [-0.05, 0) is 57.1 Å². The highest BCUT2D eigenvalue weighted by atomic mass is 32.1. The van der Waals surface area contributed by atoms with Gasteiger partial charge in [-0.1, -0.05) is 61.8 Å². The molecule has 12 heteroatoms. The lowest BCUT2D eigenvalue weighted by Gasteiger charge is -2.38. The van der Waals surface area contributed by atoms with Crippen LogP contribution in [0, 0.1) is 12.8 Å². The number of likely N-dealkylation sites (tertiary alicyclic amines) is 1. The van der Waals surface area contributed by atoms with Crippen LogP contribution in [0.15, 0.2) is 52.5 Å². The van der Waals surface area contributed by atoms with Crippen LogP contribution in [0.2, 0.25) is 0 Å². The van der Waals surface area contributed by atoms with Crippen molar-refractivity contribution >= 4 is 29.5 Å². The molecule has 3 aliphatic heterocycles. The van der Waals surface area contributed by atoms with Crippen LogP contribution in [-0.4, -0.2) is 114 Å². The third kappa shape index (κ3) is 12.6. The van der Waals surface area contributed by atoms with E-state index in [1.807, 2.05) is 37.6 Å². The third-order valence-corrected chi connectivity index (χ3v) is 10.6. The number of benzene rings is 1. The Morgan fingerprint density at radius 3 is 2.33 bits per heavy atom. The van der Waals surface area contributed by atoms with E-state index in [9.17, 15) is 14.7 Å². The predicted octanol–water partition coefficient (Wildman–Crippen LogP) is 5.56. The number of allylic oxidation sites excluding steroid dienone is 1. The summed E-state index contributed by atoms with van der Waals surface area (Å²) in [7, 11) is 0. The molecule has 3 aliphatic rings. The molecule has 0 radical (unpaired) electrons. The topological polar surface area (TPSA) is 118 Å². The lowest BCUT2D eigenvalue weighted by molar-refractivity contribution is -0.130. The standard InChI is InChI=1S/C23H37N5O3.C13H14N2OS.C3H8/c1-2-3-7-25-11-13-26(14-12-25)17-19-4-8-27(9-5-19)22-15-21(31-24-22)16-23(30)28-10-6-20(29)18-28;1-9(14-7-16)11-3-5-12(6-4-11)13-10(2)15-8-17-13;1-3-2/h2-3,15,19-20,29H,4-14,16-18H2,1H3;3-9H,1-2H3,(H,14,16);3H2,1-2H3/b3-2-;;/t;9-;/m.0./s1. The SMILES string of the molecule is C/C=C\CN1CCN(CC2CCN(c3cc(CC(=O)N4CCC(O)C4)on3)CC2)CC1.CCC.Cc1ncsc1-c1ccc([C@H](C)NC=O)cc1. The summed E-state index contributed by atoms with van der Waals surface area (Å²) in [6.45, 7) is 20.3. The summed E-state index contributed by atoms with van der Waals surface area (Å²) in [5.74, 6) is 2.20. The number of rotatable bonds is 11. The van der Waals surface area contributed by atoms with E-state index in [1.54, 1.807) is 16.2 Å².